The molecular formula is C17H32N2O2. The number of nitrogens with zero attached hydrogens (tertiary/aromatic N) is 1. The molecule has 4 nitrogen and oxygen atoms in total. The van der Waals surface area contributed by atoms with Gasteiger partial charge in [-0.25, -0.2) is 0 Å². The largest absolute Gasteiger partial charge is 0.378 e. The zero-order valence-electron chi connectivity index (χ0n) is 13.8. The molecule has 0 amide bonds. The van der Waals surface area contributed by atoms with Crippen LogP contribution in [0.5, 0.6) is 0 Å². The van der Waals surface area contributed by atoms with Gasteiger partial charge in [0.1, 0.15) is 0 Å². The molecule has 3 heterocycles. The molecule has 3 aliphatic heterocycles. The predicted molar refractivity (Wildman–Crippen MR) is 84.6 cm³/mol. The average molecular weight is 296 g/mol. The number of likely N-dealkylation sites (N-methyl/N-ethyl adjacent to an activating group) is 1. The second kappa shape index (κ2) is 6.95. The zero-order valence-corrected chi connectivity index (χ0v) is 13.8. The molecule has 0 radical (unpaired) electrons. The Morgan fingerprint density at radius 1 is 1.29 bits per heavy atom. The first kappa shape index (κ1) is 15.7. The summed E-state index contributed by atoms with van der Waals surface area (Å²) in [4.78, 5) is 2.80. The summed E-state index contributed by atoms with van der Waals surface area (Å²) in [7, 11) is 0. The van der Waals surface area contributed by atoms with Crippen LogP contribution >= 0.6 is 0 Å². The molecular weight excluding hydrogens is 264 g/mol. The summed E-state index contributed by atoms with van der Waals surface area (Å²) in [5.74, 6) is 0. The van der Waals surface area contributed by atoms with Crippen molar-refractivity contribution >= 4 is 0 Å². The van der Waals surface area contributed by atoms with Gasteiger partial charge in [-0.15, -0.1) is 0 Å². The van der Waals surface area contributed by atoms with Gasteiger partial charge in [-0.2, -0.15) is 0 Å². The van der Waals surface area contributed by atoms with E-state index in [4.69, 9.17) is 9.47 Å². The van der Waals surface area contributed by atoms with Crippen LogP contribution in [-0.4, -0.2) is 61.5 Å². The molecule has 0 aromatic carbocycles. The Balaban J connectivity index is 1.67. The van der Waals surface area contributed by atoms with Gasteiger partial charge in [0.2, 0.25) is 0 Å². The van der Waals surface area contributed by atoms with Crippen LogP contribution in [0.25, 0.3) is 0 Å². The molecule has 122 valence electrons. The van der Waals surface area contributed by atoms with Crippen molar-refractivity contribution in [3.8, 4) is 0 Å². The van der Waals surface area contributed by atoms with Crippen molar-refractivity contribution in [2.45, 2.75) is 76.1 Å². The molecule has 0 bridgehead atoms. The molecule has 3 aliphatic rings. The van der Waals surface area contributed by atoms with Gasteiger partial charge in [-0.3, -0.25) is 4.90 Å². The van der Waals surface area contributed by atoms with Crippen LogP contribution in [0.3, 0.4) is 0 Å². The Hall–Kier alpha value is -0.160. The SMILES string of the molecule is CCNC(C)C1CCCCN1C1CCOC2(CCOC2)C1. The first-order valence-corrected chi connectivity index (χ1v) is 8.95. The maximum atomic E-state index is 6.12. The third-order valence-corrected chi connectivity index (χ3v) is 5.70. The van der Waals surface area contributed by atoms with Gasteiger partial charge in [-0.05, 0) is 45.7 Å². The first-order valence-electron chi connectivity index (χ1n) is 8.95. The highest BCUT2D eigenvalue weighted by Crippen LogP contribution is 2.37. The molecule has 0 aromatic heterocycles. The summed E-state index contributed by atoms with van der Waals surface area (Å²) in [5.41, 5.74) is 0.0341. The summed E-state index contributed by atoms with van der Waals surface area (Å²) >= 11 is 0. The molecule has 4 heteroatoms. The monoisotopic (exact) mass is 296 g/mol. The summed E-state index contributed by atoms with van der Waals surface area (Å²) in [6.45, 7) is 9.50. The maximum absolute atomic E-state index is 6.12. The minimum atomic E-state index is 0.0341. The summed E-state index contributed by atoms with van der Waals surface area (Å²) in [5, 5.41) is 3.65. The molecule has 0 saturated carbocycles. The molecule has 4 unspecified atom stereocenters. The van der Waals surface area contributed by atoms with E-state index in [1.54, 1.807) is 0 Å². The summed E-state index contributed by atoms with van der Waals surface area (Å²) in [6, 6.07) is 1.97. The normalized spacial score (nSPS) is 39.7. The van der Waals surface area contributed by atoms with E-state index in [2.05, 4.69) is 24.1 Å². The predicted octanol–water partition coefficient (Wildman–Crippen LogP) is 2.18. The third kappa shape index (κ3) is 3.44. The Labute approximate surface area is 129 Å². The minimum Gasteiger partial charge on any atom is -0.378 e. The van der Waals surface area contributed by atoms with E-state index < -0.39 is 0 Å². The minimum absolute atomic E-state index is 0.0341. The Morgan fingerprint density at radius 2 is 2.19 bits per heavy atom. The molecule has 0 aliphatic carbocycles. The Kier molecular flexibility index (Phi) is 5.20. The van der Waals surface area contributed by atoms with Crippen molar-refractivity contribution in [2.24, 2.45) is 0 Å². The highest BCUT2D eigenvalue weighted by molar-refractivity contribution is 4.97. The van der Waals surface area contributed by atoms with Crippen molar-refractivity contribution in [2.75, 3.05) is 32.9 Å². The number of hydrogen-bond donors (Lipinski definition) is 1. The van der Waals surface area contributed by atoms with Crippen LogP contribution in [0.4, 0.5) is 0 Å². The van der Waals surface area contributed by atoms with Crippen LogP contribution in [-0.2, 0) is 9.47 Å². The molecule has 4 atom stereocenters. The number of rotatable bonds is 4. The smallest absolute Gasteiger partial charge is 0.0951 e. The number of piperidine rings is 1. The fourth-order valence-electron chi connectivity index (χ4n) is 4.58. The van der Waals surface area contributed by atoms with Gasteiger partial charge in [-0.1, -0.05) is 13.3 Å². The van der Waals surface area contributed by atoms with Crippen LogP contribution in [0.1, 0.15) is 52.4 Å². The van der Waals surface area contributed by atoms with Crippen molar-refractivity contribution in [1.29, 1.82) is 0 Å². The molecule has 3 fully saturated rings. The number of likely N-dealkylation sites (tertiary alicyclic amines) is 1. The standard InChI is InChI=1S/C17H32N2O2/c1-3-18-14(2)16-6-4-5-9-19(16)15-7-10-21-17(12-15)8-11-20-13-17/h14-16,18H,3-13H2,1-2H3. The zero-order chi connectivity index (χ0) is 14.7. The second-order valence-corrected chi connectivity index (χ2v) is 7.13. The average Bonchev–Trinajstić information content (AvgIpc) is 2.95. The van der Waals surface area contributed by atoms with E-state index in [9.17, 15) is 0 Å². The quantitative estimate of drug-likeness (QED) is 0.862. The fraction of sp³-hybridized carbons (Fsp3) is 1.00. The Bertz CT molecular complexity index is 331. The lowest BCUT2D eigenvalue weighted by atomic mass is 9.85. The number of nitrogens with one attached hydrogen (secondary N) is 1. The molecule has 1 spiro atoms. The van der Waals surface area contributed by atoms with E-state index in [0.29, 0.717) is 18.1 Å². The van der Waals surface area contributed by atoms with Crippen LogP contribution in [0, 0.1) is 0 Å². The maximum Gasteiger partial charge on any atom is 0.0951 e. The van der Waals surface area contributed by atoms with Gasteiger partial charge >= 0.3 is 0 Å². The first-order chi connectivity index (χ1) is 10.2. The van der Waals surface area contributed by atoms with Crippen LogP contribution < -0.4 is 5.32 Å². The van der Waals surface area contributed by atoms with Crippen molar-refractivity contribution in [3.05, 3.63) is 0 Å². The fourth-order valence-corrected chi connectivity index (χ4v) is 4.58. The van der Waals surface area contributed by atoms with E-state index in [-0.39, 0.29) is 5.60 Å². The van der Waals surface area contributed by atoms with Crippen molar-refractivity contribution in [1.82, 2.24) is 10.2 Å². The highest BCUT2D eigenvalue weighted by atomic mass is 16.6. The summed E-state index contributed by atoms with van der Waals surface area (Å²) in [6.07, 6.45) is 7.53. The number of hydrogen-bond acceptors (Lipinski definition) is 4. The van der Waals surface area contributed by atoms with Crippen molar-refractivity contribution in [3.63, 3.8) is 0 Å². The van der Waals surface area contributed by atoms with Crippen LogP contribution in [0.2, 0.25) is 0 Å². The molecule has 1 N–H and O–H groups in total. The van der Waals surface area contributed by atoms with E-state index in [0.717, 1.165) is 32.8 Å². The summed E-state index contributed by atoms with van der Waals surface area (Å²) < 4.78 is 11.8. The van der Waals surface area contributed by atoms with Gasteiger partial charge < -0.3 is 14.8 Å². The van der Waals surface area contributed by atoms with Crippen molar-refractivity contribution < 1.29 is 9.47 Å². The van der Waals surface area contributed by atoms with Crippen LogP contribution in [0.15, 0.2) is 0 Å². The second-order valence-electron chi connectivity index (χ2n) is 7.13. The van der Waals surface area contributed by atoms with Gasteiger partial charge in [0, 0.05) is 37.8 Å². The van der Waals surface area contributed by atoms with E-state index in [1.807, 2.05) is 0 Å². The molecule has 3 saturated heterocycles. The van der Waals surface area contributed by atoms with Gasteiger partial charge in [0.15, 0.2) is 0 Å². The third-order valence-electron chi connectivity index (χ3n) is 5.70. The molecule has 21 heavy (non-hydrogen) atoms. The lowest BCUT2D eigenvalue weighted by Gasteiger charge is -2.48. The lowest BCUT2D eigenvalue weighted by Crippen LogP contribution is -2.58. The van der Waals surface area contributed by atoms with E-state index >= 15 is 0 Å². The van der Waals surface area contributed by atoms with E-state index in [1.165, 1.54) is 38.6 Å². The molecule has 0 aromatic rings. The van der Waals surface area contributed by atoms with Gasteiger partial charge in [0.05, 0.1) is 12.2 Å². The van der Waals surface area contributed by atoms with Gasteiger partial charge in [0.25, 0.3) is 0 Å². The highest BCUT2D eigenvalue weighted by Gasteiger charge is 2.44. The molecule has 3 rings (SSSR count). The Morgan fingerprint density at radius 3 is 2.95 bits per heavy atom. The lowest BCUT2D eigenvalue weighted by molar-refractivity contribution is -0.115. The number of ether oxygens (including phenoxy) is 2. The topological polar surface area (TPSA) is 33.7 Å².